The van der Waals surface area contributed by atoms with Gasteiger partial charge in [-0.1, -0.05) is 6.42 Å². The van der Waals surface area contributed by atoms with E-state index in [1.54, 1.807) is 0 Å². The lowest BCUT2D eigenvalue weighted by molar-refractivity contribution is -0.386. The predicted octanol–water partition coefficient (Wildman–Crippen LogP) is 5.38. The Hall–Kier alpha value is -5.53. The molecule has 0 bridgehead atoms. The molecule has 4 heterocycles. The molecule has 0 N–H and O–H groups in total. The molecule has 4 aliphatic heterocycles. The number of rotatable bonds is 11. The molecular weight excluding hydrogens is 700 g/mol. The van der Waals surface area contributed by atoms with Gasteiger partial charge in [-0.05, 0) is 38.8 Å². The molecule has 2 aromatic rings. The van der Waals surface area contributed by atoms with Crippen LogP contribution in [0.5, 0.6) is 23.0 Å². The highest BCUT2D eigenvalue weighted by molar-refractivity contribution is 8.00. The van der Waals surface area contributed by atoms with Gasteiger partial charge in [-0.25, -0.2) is 24.2 Å². The quantitative estimate of drug-likeness (QED) is 0.0705. The highest BCUT2D eigenvalue weighted by Gasteiger charge is 2.59. The van der Waals surface area contributed by atoms with Gasteiger partial charge in [0.2, 0.25) is 13.6 Å². The summed E-state index contributed by atoms with van der Waals surface area (Å²) in [4.78, 5) is 77.2. The minimum atomic E-state index is -1.25. The Morgan fingerprint density at radius 2 is 1.33 bits per heavy atom. The van der Waals surface area contributed by atoms with Gasteiger partial charge in [0.25, 0.3) is 11.4 Å². The molecule has 4 aliphatic rings. The molecule has 0 radical (unpaired) electrons. The maximum Gasteiger partial charge on any atom is 0.418 e. The smallest absolute Gasteiger partial charge is 0.418 e. The van der Waals surface area contributed by atoms with Crippen molar-refractivity contribution in [2.24, 2.45) is 0 Å². The molecule has 0 saturated carbocycles. The van der Waals surface area contributed by atoms with E-state index in [4.69, 9.17) is 33.2 Å². The van der Waals surface area contributed by atoms with Crippen LogP contribution in [0.2, 0.25) is 0 Å². The summed E-state index contributed by atoms with van der Waals surface area (Å²) in [5, 5.41) is 23.4. The number of carbonyl (C=O) groups excluding carboxylic acids is 4. The number of hydrogen-bond donors (Lipinski definition) is 0. The number of nitrogens with zero attached hydrogens (tertiary/aromatic N) is 4. The first kappa shape index (κ1) is 35.3. The summed E-state index contributed by atoms with van der Waals surface area (Å²) in [6, 6.07) is 2.13. The fourth-order valence-corrected chi connectivity index (χ4v) is 8.03. The topological polar surface area (TPSA) is 226 Å². The van der Waals surface area contributed by atoms with E-state index in [1.165, 1.54) is 44.9 Å². The van der Waals surface area contributed by atoms with E-state index in [9.17, 15) is 39.4 Å². The van der Waals surface area contributed by atoms with Crippen molar-refractivity contribution in [2.75, 3.05) is 26.4 Å². The molecule has 0 aliphatic carbocycles. The lowest BCUT2D eigenvalue weighted by atomic mass is 10.0. The third-order valence-corrected chi connectivity index (χ3v) is 10.4. The maximum absolute atomic E-state index is 14.0. The van der Waals surface area contributed by atoms with Crippen molar-refractivity contribution in [1.82, 2.24) is 9.80 Å². The molecule has 272 valence electrons. The summed E-state index contributed by atoms with van der Waals surface area (Å²) in [5.41, 5.74) is -0.829. The Balaban J connectivity index is 1.25. The third-order valence-electron chi connectivity index (χ3n) is 8.91. The minimum absolute atomic E-state index is 0.0134. The molecule has 20 heteroatoms. The molecular formula is C31H32N4O15S. The number of amides is 4. The lowest BCUT2D eigenvalue weighted by Crippen LogP contribution is -2.45. The average Bonchev–Trinajstić information content (AvgIpc) is 3.89. The van der Waals surface area contributed by atoms with E-state index in [0.29, 0.717) is 19.3 Å². The van der Waals surface area contributed by atoms with Crippen LogP contribution in [0.3, 0.4) is 0 Å². The van der Waals surface area contributed by atoms with Crippen LogP contribution in [0, 0.1) is 20.2 Å². The van der Waals surface area contributed by atoms with Crippen molar-refractivity contribution < 1.29 is 62.2 Å². The van der Waals surface area contributed by atoms with Crippen LogP contribution in [0.1, 0.15) is 62.9 Å². The summed E-state index contributed by atoms with van der Waals surface area (Å²) in [7, 11) is 1.28. The van der Waals surface area contributed by atoms with E-state index < -0.39 is 63.7 Å². The van der Waals surface area contributed by atoms with Crippen LogP contribution in [0.25, 0.3) is 0 Å². The van der Waals surface area contributed by atoms with Gasteiger partial charge in [0.1, 0.15) is 12.2 Å². The average molecular weight is 733 g/mol. The number of imide groups is 2. The molecule has 2 fully saturated rings. The summed E-state index contributed by atoms with van der Waals surface area (Å²) in [6.45, 7) is 2.48. The van der Waals surface area contributed by atoms with E-state index in [-0.39, 0.29) is 71.1 Å². The summed E-state index contributed by atoms with van der Waals surface area (Å²) < 4.78 is 37.1. The van der Waals surface area contributed by atoms with Crippen molar-refractivity contribution in [3.8, 4) is 23.0 Å². The SMILES string of the molecule is COC(=O)CCCC[C@@H]1SC[C@H]2[C@@H]1N(C(=O)OC(C)c1cc3c(cc1[N+](=O)[O-])OCO3)C(=O)N2C(=O)OC(C)c1cc2c(cc1[N+](=O)[O-])OCO2. The number of unbranched alkanes of at least 4 members (excludes halogenated alkanes) is 1. The Bertz CT molecular complexity index is 1790. The number of carbonyl (C=O) groups is 4. The highest BCUT2D eigenvalue weighted by atomic mass is 32.2. The minimum Gasteiger partial charge on any atom is -0.469 e. The number of fused-ring (bicyclic) bond motifs is 3. The second-order valence-corrected chi connectivity index (χ2v) is 13.1. The molecule has 2 saturated heterocycles. The number of benzene rings is 2. The number of ether oxygens (including phenoxy) is 7. The highest BCUT2D eigenvalue weighted by Crippen LogP contribution is 2.45. The van der Waals surface area contributed by atoms with Gasteiger partial charge in [0.05, 0.1) is 52.3 Å². The van der Waals surface area contributed by atoms with Crippen LogP contribution in [-0.2, 0) is 19.0 Å². The van der Waals surface area contributed by atoms with E-state index in [1.807, 2.05) is 0 Å². The van der Waals surface area contributed by atoms with Crippen LogP contribution < -0.4 is 18.9 Å². The normalized spacial score (nSPS) is 20.8. The Morgan fingerprint density at radius 1 is 0.843 bits per heavy atom. The molecule has 5 atom stereocenters. The van der Waals surface area contributed by atoms with E-state index in [2.05, 4.69) is 0 Å². The van der Waals surface area contributed by atoms with Crippen LogP contribution >= 0.6 is 11.8 Å². The fourth-order valence-electron chi connectivity index (χ4n) is 6.41. The number of hydrogen-bond acceptors (Lipinski definition) is 16. The molecule has 2 unspecified atom stereocenters. The predicted molar refractivity (Wildman–Crippen MR) is 172 cm³/mol. The van der Waals surface area contributed by atoms with Crippen LogP contribution in [-0.4, -0.2) is 87.6 Å². The number of urea groups is 1. The van der Waals surface area contributed by atoms with Crippen molar-refractivity contribution in [1.29, 1.82) is 0 Å². The lowest BCUT2D eigenvalue weighted by Gasteiger charge is -2.26. The van der Waals surface area contributed by atoms with Crippen molar-refractivity contribution >= 4 is 47.3 Å². The van der Waals surface area contributed by atoms with Crippen molar-refractivity contribution in [3.63, 3.8) is 0 Å². The van der Waals surface area contributed by atoms with Gasteiger partial charge < -0.3 is 33.2 Å². The Kier molecular flexibility index (Phi) is 9.95. The van der Waals surface area contributed by atoms with Gasteiger partial charge >= 0.3 is 24.2 Å². The standard InChI is InChI=1S/C31H32N4O15S/c1-15(17-8-22-24(47-13-45-22)10-19(17)34(40)41)49-30(38)32-21-12-51-26(6-4-5-7-27(36)44-3)28(21)33(29(32)37)31(39)50-16(2)18-9-23-25(48-14-46-23)11-20(18)35(42)43/h8-11,15-16,21,26,28H,4-7,12-14H2,1-3H3/t15?,16?,21-,26-,28-/m0/s1. The number of esters is 1. The number of thioether (sulfide) groups is 1. The maximum atomic E-state index is 14.0. The zero-order valence-electron chi connectivity index (χ0n) is 27.5. The zero-order chi connectivity index (χ0) is 36.6. The molecule has 0 spiro atoms. The van der Waals surface area contributed by atoms with Crippen LogP contribution in [0.4, 0.5) is 25.8 Å². The van der Waals surface area contributed by atoms with Crippen molar-refractivity contribution in [3.05, 3.63) is 55.6 Å². The third kappa shape index (κ3) is 6.82. The first-order valence-electron chi connectivity index (χ1n) is 15.8. The second kappa shape index (κ2) is 14.4. The monoisotopic (exact) mass is 732 g/mol. The molecule has 51 heavy (non-hydrogen) atoms. The van der Waals surface area contributed by atoms with Gasteiger partial charge in [0.15, 0.2) is 23.0 Å². The van der Waals surface area contributed by atoms with Crippen molar-refractivity contribution in [2.45, 2.75) is 69.1 Å². The Morgan fingerprint density at radius 3 is 1.82 bits per heavy atom. The summed E-state index contributed by atoms with van der Waals surface area (Å²) >= 11 is 1.41. The number of nitro benzene ring substituents is 2. The molecule has 4 amide bonds. The molecule has 2 aromatic carbocycles. The number of nitro groups is 2. The van der Waals surface area contributed by atoms with Gasteiger partial charge in [-0.2, -0.15) is 11.8 Å². The summed E-state index contributed by atoms with van der Waals surface area (Å²) in [6.07, 6.45) is -3.19. The van der Waals surface area contributed by atoms with E-state index in [0.717, 1.165) is 21.9 Å². The first-order chi connectivity index (χ1) is 24.4. The molecule has 6 rings (SSSR count). The van der Waals surface area contributed by atoms with Crippen LogP contribution in [0.15, 0.2) is 24.3 Å². The second-order valence-electron chi connectivity index (χ2n) is 11.9. The Labute approximate surface area is 293 Å². The zero-order valence-corrected chi connectivity index (χ0v) is 28.3. The van der Waals surface area contributed by atoms with Gasteiger partial charge in [-0.15, -0.1) is 0 Å². The fraction of sp³-hybridized carbons (Fsp3) is 0.484. The van der Waals surface area contributed by atoms with E-state index >= 15 is 0 Å². The number of methoxy groups -OCH3 is 1. The molecule has 19 nitrogen and oxygen atoms in total. The largest absolute Gasteiger partial charge is 0.469 e. The van der Waals surface area contributed by atoms with Gasteiger partial charge in [-0.3, -0.25) is 25.0 Å². The summed E-state index contributed by atoms with van der Waals surface area (Å²) in [5.74, 6) is 0.555. The molecule has 0 aromatic heterocycles. The van der Waals surface area contributed by atoms with Gasteiger partial charge in [0, 0.05) is 17.4 Å². The first-order valence-corrected chi connectivity index (χ1v) is 16.8.